The van der Waals surface area contributed by atoms with E-state index in [9.17, 15) is 4.79 Å². The van der Waals surface area contributed by atoms with Gasteiger partial charge in [-0.15, -0.1) is 0 Å². The molecular formula is C47H69NO4. The SMILES string of the molecule is CC(C)CCC[C@@H](C)[C@H]1CC[C@H]2[C@@H]3CC=C4C[C@@H](OC(=O)c5ccc(OCCCCCCCCOc6ccncc6)cc5)CC[C@]4(C)[C@H]3CC[C@]12C. The average Bonchev–Trinajstić information content (AvgIpc) is 3.50. The van der Waals surface area contributed by atoms with Crippen LogP contribution in [0.3, 0.4) is 0 Å². The molecule has 0 saturated heterocycles. The third-order valence-corrected chi connectivity index (χ3v) is 14.3. The van der Waals surface area contributed by atoms with Crippen LogP contribution in [0, 0.1) is 46.3 Å². The second-order valence-corrected chi connectivity index (χ2v) is 18.1. The van der Waals surface area contributed by atoms with E-state index in [0.717, 1.165) is 92.1 Å². The Morgan fingerprint density at radius 2 is 1.44 bits per heavy atom. The van der Waals surface area contributed by atoms with Gasteiger partial charge in [0.2, 0.25) is 0 Å². The van der Waals surface area contributed by atoms with Gasteiger partial charge in [0.15, 0.2) is 0 Å². The normalized spacial score (nSPS) is 30.1. The highest BCUT2D eigenvalue weighted by Gasteiger charge is 2.59. The van der Waals surface area contributed by atoms with E-state index in [2.05, 4.69) is 45.7 Å². The van der Waals surface area contributed by atoms with Crippen LogP contribution in [0.4, 0.5) is 0 Å². The largest absolute Gasteiger partial charge is 0.494 e. The number of pyridine rings is 1. The quantitative estimate of drug-likeness (QED) is 0.0875. The highest BCUT2D eigenvalue weighted by molar-refractivity contribution is 5.89. The molecular weight excluding hydrogens is 643 g/mol. The van der Waals surface area contributed by atoms with E-state index in [1.807, 2.05) is 36.4 Å². The van der Waals surface area contributed by atoms with Crippen LogP contribution in [-0.4, -0.2) is 30.3 Å². The fourth-order valence-corrected chi connectivity index (χ4v) is 11.4. The molecule has 3 fully saturated rings. The van der Waals surface area contributed by atoms with Crippen LogP contribution >= 0.6 is 0 Å². The van der Waals surface area contributed by atoms with Gasteiger partial charge in [-0.05, 0) is 141 Å². The minimum absolute atomic E-state index is 0.0235. The van der Waals surface area contributed by atoms with E-state index in [1.54, 1.807) is 18.0 Å². The number of unbranched alkanes of at least 4 members (excludes halogenated alkanes) is 5. The number of carbonyl (C=O) groups is 1. The molecule has 0 bridgehead atoms. The lowest BCUT2D eigenvalue weighted by Crippen LogP contribution is -2.51. The molecule has 0 radical (unpaired) electrons. The van der Waals surface area contributed by atoms with Crippen molar-refractivity contribution >= 4 is 5.97 Å². The zero-order valence-corrected chi connectivity index (χ0v) is 33.3. The molecule has 6 rings (SSSR count). The monoisotopic (exact) mass is 712 g/mol. The van der Waals surface area contributed by atoms with Crippen molar-refractivity contribution in [3.8, 4) is 11.5 Å². The van der Waals surface area contributed by atoms with Crippen LogP contribution in [0.1, 0.15) is 154 Å². The van der Waals surface area contributed by atoms with Gasteiger partial charge in [0.25, 0.3) is 0 Å². The number of esters is 1. The lowest BCUT2D eigenvalue weighted by Gasteiger charge is -2.58. The Balaban J connectivity index is 0.902. The minimum Gasteiger partial charge on any atom is -0.494 e. The maximum Gasteiger partial charge on any atom is 0.338 e. The highest BCUT2D eigenvalue weighted by atomic mass is 16.5. The second kappa shape index (κ2) is 18.0. The molecule has 2 aromatic rings. The van der Waals surface area contributed by atoms with E-state index in [1.165, 1.54) is 70.6 Å². The predicted molar refractivity (Wildman–Crippen MR) is 212 cm³/mol. The van der Waals surface area contributed by atoms with Gasteiger partial charge < -0.3 is 14.2 Å². The zero-order valence-electron chi connectivity index (χ0n) is 33.3. The van der Waals surface area contributed by atoms with Crippen molar-refractivity contribution in [2.24, 2.45) is 46.3 Å². The molecule has 1 heterocycles. The summed E-state index contributed by atoms with van der Waals surface area (Å²) in [5, 5.41) is 0. The van der Waals surface area contributed by atoms with E-state index in [0.29, 0.717) is 17.6 Å². The van der Waals surface area contributed by atoms with E-state index in [-0.39, 0.29) is 17.5 Å². The Labute approximate surface area is 316 Å². The fraction of sp³-hybridized carbons (Fsp3) is 0.702. The first-order chi connectivity index (χ1) is 25.2. The summed E-state index contributed by atoms with van der Waals surface area (Å²) in [5.41, 5.74) is 2.98. The molecule has 0 spiro atoms. The topological polar surface area (TPSA) is 57.7 Å². The zero-order chi connectivity index (χ0) is 36.6. The summed E-state index contributed by atoms with van der Waals surface area (Å²) in [7, 11) is 0. The lowest BCUT2D eigenvalue weighted by atomic mass is 9.47. The standard InChI is InChI=1S/C47H69NO4/c1-34(2)13-12-14-35(3)42-21-22-43-41-20-17-37-33-40(23-27-46(37,4)44(41)24-28-47(42,43)5)52-45(49)36-15-18-38(19-16-36)50-31-10-8-6-7-9-11-32-51-39-25-29-48-30-26-39/h15-19,25-26,29-30,34-35,40-44H,6-14,20-24,27-28,31-33H2,1-5H3/t35-,40+,41+,42-,43+,44+,46+,47-/m1/s1. The molecule has 3 saturated carbocycles. The Morgan fingerprint density at radius 3 is 2.13 bits per heavy atom. The number of rotatable bonds is 18. The maximum absolute atomic E-state index is 13.2. The summed E-state index contributed by atoms with van der Waals surface area (Å²) in [4.78, 5) is 17.3. The average molecular weight is 712 g/mol. The summed E-state index contributed by atoms with van der Waals surface area (Å²) < 4.78 is 17.9. The van der Waals surface area contributed by atoms with Gasteiger partial charge in [0.05, 0.1) is 18.8 Å². The van der Waals surface area contributed by atoms with E-state index in [4.69, 9.17) is 14.2 Å². The van der Waals surface area contributed by atoms with Crippen LogP contribution in [0.25, 0.3) is 0 Å². The molecule has 0 unspecified atom stereocenters. The van der Waals surface area contributed by atoms with Gasteiger partial charge in [-0.1, -0.05) is 91.2 Å². The molecule has 0 N–H and O–H groups in total. The van der Waals surface area contributed by atoms with E-state index >= 15 is 0 Å². The minimum atomic E-state index is -0.200. The van der Waals surface area contributed by atoms with Crippen LogP contribution in [0.5, 0.6) is 11.5 Å². The first kappa shape index (κ1) is 38.9. The summed E-state index contributed by atoms with van der Waals surface area (Å²) in [6, 6.07) is 11.4. The number of hydrogen-bond acceptors (Lipinski definition) is 5. The Hall–Kier alpha value is -2.82. The number of aromatic nitrogens is 1. The number of allylic oxidation sites excluding steroid dienone is 1. The van der Waals surface area contributed by atoms with Crippen molar-refractivity contribution < 1.29 is 19.0 Å². The Kier molecular flexibility index (Phi) is 13.5. The number of benzene rings is 1. The fourth-order valence-electron chi connectivity index (χ4n) is 11.4. The van der Waals surface area contributed by atoms with Gasteiger partial charge in [-0.3, -0.25) is 4.98 Å². The van der Waals surface area contributed by atoms with Crippen molar-refractivity contribution in [2.45, 2.75) is 150 Å². The first-order valence-electron chi connectivity index (χ1n) is 21.3. The molecule has 4 aliphatic rings. The summed E-state index contributed by atoms with van der Waals surface area (Å²) in [6.45, 7) is 14.0. The maximum atomic E-state index is 13.2. The molecule has 286 valence electrons. The third kappa shape index (κ3) is 9.27. The van der Waals surface area contributed by atoms with Gasteiger partial charge in [0, 0.05) is 18.8 Å². The molecule has 5 nitrogen and oxygen atoms in total. The van der Waals surface area contributed by atoms with Gasteiger partial charge >= 0.3 is 5.97 Å². The first-order valence-corrected chi connectivity index (χ1v) is 21.3. The van der Waals surface area contributed by atoms with Crippen LogP contribution in [0.2, 0.25) is 0 Å². The number of carbonyl (C=O) groups excluding carboxylic acids is 1. The summed E-state index contributed by atoms with van der Waals surface area (Å²) in [6.07, 6.45) is 27.1. The van der Waals surface area contributed by atoms with Crippen molar-refractivity contribution in [3.05, 3.63) is 66.0 Å². The van der Waals surface area contributed by atoms with Crippen molar-refractivity contribution in [2.75, 3.05) is 13.2 Å². The smallest absolute Gasteiger partial charge is 0.338 e. The molecule has 52 heavy (non-hydrogen) atoms. The molecule has 1 aromatic carbocycles. The third-order valence-electron chi connectivity index (χ3n) is 14.3. The number of ether oxygens (including phenoxy) is 3. The second-order valence-electron chi connectivity index (χ2n) is 18.1. The van der Waals surface area contributed by atoms with Gasteiger partial charge in [-0.25, -0.2) is 4.79 Å². The molecule has 0 amide bonds. The van der Waals surface area contributed by atoms with Crippen LogP contribution in [-0.2, 0) is 4.74 Å². The number of fused-ring (bicyclic) bond motifs is 5. The molecule has 8 atom stereocenters. The molecule has 0 aliphatic heterocycles. The Bertz CT molecular complexity index is 1440. The number of hydrogen-bond donors (Lipinski definition) is 0. The summed E-state index contributed by atoms with van der Waals surface area (Å²) >= 11 is 0. The molecule has 4 aliphatic carbocycles. The van der Waals surface area contributed by atoms with E-state index < -0.39 is 0 Å². The van der Waals surface area contributed by atoms with Gasteiger partial charge in [0.1, 0.15) is 17.6 Å². The van der Waals surface area contributed by atoms with Crippen LogP contribution in [0.15, 0.2) is 60.4 Å². The molecule has 5 heteroatoms. The van der Waals surface area contributed by atoms with Gasteiger partial charge in [-0.2, -0.15) is 0 Å². The van der Waals surface area contributed by atoms with Crippen molar-refractivity contribution in [1.29, 1.82) is 0 Å². The lowest BCUT2D eigenvalue weighted by molar-refractivity contribution is -0.0594. The Morgan fingerprint density at radius 1 is 0.769 bits per heavy atom. The molecule has 1 aromatic heterocycles. The van der Waals surface area contributed by atoms with Crippen molar-refractivity contribution in [3.63, 3.8) is 0 Å². The van der Waals surface area contributed by atoms with Crippen molar-refractivity contribution in [1.82, 2.24) is 4.98 Å². The van der Waals surface area contributed by atoms with Crippen LogP contribution < -0.4 is 9.47 Å². The highest BCUT2D eigenvalue weighted by Crippen LogP contribution is 2.67. The predicted octanol–water partition coefficient (Wildman–Crippen LogP) is 12.4. The summed E-state index contributed by atoms with van der Waals surface area (Å²) in [5.74, 6) is 6.57. The number of nitrogens with zero attached hydrogens (tertiary/aromatic N) is 1.